The number of aromatic hydroxyl groups is 1. The Labute approximate surface area is 120 Å². The van der Waals surface area contributed by atoms with Gasteiger partial charge in [0, 0.05) is 5.56 Å². The number of nitrogen functional groups attached to an aromatic ring is 1. The van der Waals surface area contributed by atoms with E-state index in [4.69, 9.17) is 10.6 Å². The van der Waals surface area contributed by atoms with Gasteiger partial charge in [-0.15, -0.1) is 0 Å². The van der Waals surface area contributed by atoms with Crippen LogP contribution in [-0.2, 0) is 0 Å². The van der Waals surface area contributed by atoms with Crippen molar-refractivity contribution >= 4 is 5.91 Å². The number of phenols is 1. The van der Waals surface area contributed by atoms with Crippen molar-refractivity contribution in [3.8, 4) is 11.5 Å². The first-order valence-electron chi connectivity index (χ1n) is 7.15. The van der Waals surface area contributed by atoms with E-state index in [1.54, 1.807) is 0 Å². The molecule has 0 bridgehead atoms. The number of hydrogen-bond acceptors (Lipinski definition) is 4. The van der Waals surface area contributed by atoms with Crippen molar-refractivity contribution in [1.82, 2.24) is 5.43 Å². The minimum atomic E-state index is -0.408. The topological polar surface area (TPSA) is 84.6 Å². The van der Waals surface area contributed by atoms with Gasteiger partial charge < -0.3 is 9.84 Å². The fourth-order valence-corrected chi connectivity index (χ4v) is 1.92. The van der Waals surface area contributed by atoms with Crippen LogP contribution in [0.2, 0.25) is 0 Å². The molecule has 0 atom stereocenters. The number of hydrazine groups is 1. The number of rotatable bonds is 9. The minimum absolute atomic E-state index is 0.0320. The molecule has 112 valence electrons. The van der Waals surface area contributed by atoms with Crippen molar-refractivity contribution in [2.24, 2.45) is 5.84 Å². The zero-order valence-electron chi connectivity index (χ0n) is 12.0. The summed E-state index contributed by atoms with van der Waals surface area (Å²) in [5.74, 6) is 5.01. The molecule has 1 amide bonds. The summed E-state index contributed by atoms with van der Waals surface area (Å²) in [5.41, 5.74) is 2.41. The molecule has 0 fully saturated rings. The SMILES string of the molecule is CCCCCCCCOc1cc(C(=O)NN)ccc1O. The Morgan fingerprint density at radius 1 is 1.25 bits per heavy atom. The normalized spacial score (nSPS) is 10.3. The molecule has 0 heterocycles. The predicted octanol–water partition coefficient (Wildman–Crippen LogP) is 2.73. The number of nitrogens with two attached hydrogens (primary N) is 1. The molecule has 1 aromatic rings. The van der Waals surface area contributed by atoms with Crippen molar-refractivity contribution < 1.29 is 14.6 Å². The summed E-state index contributed by atoms with van der Waals surface area (Å²) in [6, 6.07) is 4.42. The van der Waals surface area contributed by atoms with Gasteiger partial charge in [0.1, 0.15) is 0 Å². The van der Waals surface area contributed by atoms with Crippen molar-refractivity contribution in [3.63, 3.8) is 0 Å². The summed E-state index contributed by atoms with van der Waals surface area (Å²) in [5, 5.41) is 9.67. The molecule has 5 nitrogen and oxygen atoms in total. The second-order valence-electron chi connectivity index (χ2n) is 4.77. The van der Waals surface area contributed by atoms with Gasteiger partial charge in [0.2, 0.25) is 0 Å². The first kappa shape index (κ1) is 16.3. The van der Waals surface area contributed by atoms with Crippen LogP contribution in [0, 0.1) is 0 Å². The fourth-order valence-electron chi connectivity index (χ4n) is 1.92. The van der Waals surface area contributed by atoms with Crippen molar-refractivity contribution in [3.05, 3.63) is 23.8 Å². The monoisotopic (exact) mass is 280 g/mol. The first-order chi connectivity index (χ1) is 9.69. The smallest absolute Gasteiger partial charge is 0.265 e. The summed E-state index contributed by atoms with van der Waals surface area (Å²) < 4.78 is 5.51. The lowest BCUT2D eigenvalue weighted by Crippen LogP contribution is -2.29. The summed E-state index contributed by atoms with van der Waals surface area (Å²) in [7, 11) is 0. The van der Waals surface area contributed by atoms with Crippen molar-refractivity contribution in [2.45, 2.75) is 45.4 Å². The van der Waals surface area contributed by atoms with Crippen LogP contribution in [0.5, 0.6) is 11.5 Å². The van der Waals surface area contributed by atoms with Crippen LogP contribution in [-0.4, -0.2) is 17.6 Å². The molecule has 0 saturated carbocycles. The standard InChI is InChI=1S/C15H24N2O3/c1-2-3-4-5-6-7-10-20-14-11-12(15(19)17-16)8-9-13(14)18/h8-9,11,18H,2-7,10,16H2,1H3,(H,17,19). The summed E-state index contributed by atoms with van der Waals surface area (Å²) in [6.07, 6.45) is 7.03. The predicted molar refractivity (Wildman–Crippen MR) is 78.6 cm³/mol. The molecule has 4 N–H and O–H groups in total. The number of phenolic OH excluding ortho intramolecular Hbond substituents is 1. The van der Waals surface area contributed by atoms with Gasteiger partial charge in [-0.25, -0.2) is 5.84 Å². The highest BCUT2D eigenvalue weighted by Crippen LogP contribution is 2.27. The van der Waals surface area contributed by atoms with Crippen molar-refractivity contribution in [1.29, 1.82) is 0 Å². The average molecular weight is 280 g/mol. The Balaban J connectivity index is 2.37. The zero-order valence-corrected chi connectivity index (χ0v) is 12.0. The second-order valence-corrected chi connectivity index (χ2v) is 4.77. The van der Waals surface area contributed by atoms with E-state index in [1.165, 1.54) is 43.9 Å². The highest BCUT2D eigenvalue weighted by molar-refractivity contribution is 5.94. The van der Waals surface area contributed by atoms with E-state index in [2.05, 4.69) is 6.92 Å². The van der Waals surface area contributed by atoms with E-state index >= 15 is 0 Å². The third-order valence-corrected chi connectivity index (χ3v) is 3.11. The second kappa shape index (κ2) is 9.20. The molecule has 0 aliphatic heterocycles. The lowest BCUT2D eigenvalue weighted by molar-refractivity contribution is 0.0953. The summed E-state index contributed by atoms with van der Waals surface area (Å²) in [6.45, 7) is 2.73. The number of hydrogen-bond donors (Lipinski definition) is 3. The van der Waals surface area contributed by atoms with Crippen LogP contribution in [0.4, 0.5) is 0 Å². The van der Waals surface area contributed by atoms with Gasteiger partial charge >= 0.3 is 0 Å². The van der Waals surface area contributed by atoms with Gasteiger partial charge in [0.05, 0.1) is 6.61 Å². The number of carbonyl (C=O) groups is 1. The average Bonchev–Trinajstić information content (AvgIpc) is 2.47. The number of benzene rings is 1. The van der Waals surface area contributed by atoms with E-state index < -0.39 is 5.91 Å². The van der Waals surface area contributed by atoms with E-state index in [0.29, 0.717) is 17.9 Å². The van der Waals surface area contributed by atoms with Gasteiger partial charge in [0.15, 0.2) is 11.5 Å². The molecule has 1 rings (SSSR count). The third-order valence-electron chi connectivity index (χ3n) is 3.11. The maximum absolute atomic E-state index is 11.4. The maximum atomic E-state index is 11.4. The lowest BCUT2D eigenvalue weighted by Gasteiger charge is -2.09. The molecule has 20 heavy (non-hydrogen) atoms. The Kier molecular flexibility index (Phi) is 7.50. The van der Waals surface area contributed by atoms with Crippen LogP contribution < -0.4 is 16.0 Å². The molecule has 0 aliphatic carbocycles. The molecular weight excluding hydrogens is 256 g/mol. The number of unbranched alkanes of at least 4 members (excludes halogenated alkanes) is 5. The fraction of sp³-hybridized carbons (Fsp3) is 0.533. The van der Waals surface area contributed by atoms with Gasteiger partial charge in [-0.1, -0.05) is 39.0 Å². The Morgan fingerprint density at radius 3 is 2.65 bits per heavy atom. The molecular formula is C15H24N2O3. The van der Waals surface area contributed by atoms with E-state index in [-0.39, 0.29) is 5.75 Å². The molecule has 0 radical (unpaired) electrons. The highest BCUT2D eigenvalue weighted by atomic mass is 16.5. The van der Waals surface area contributed by atoms with Crippen LogP contribution >= 0.6 is 0 Å². The minimum Gasteiger partial charge on any atom is -0.504 e. The summed E-state index contributed by atoms with van der Waals surface area (Å²) in [4.78, 5) is 11.4. The van der Waals surface area contributed by atoms with Crippen LogP contribution in [0.25, 0.3) is 0 Å². The van der Waals surface area contributed by atoms with E-state index in [0.717, 1.165) is 12.8 Å². The number of nitrogens with one attached hydrogen (secondary N) is 1. The first-order valence-corrected chi connectivity index (χ1v) is 7.15. The molecule has 0 unspecified atom stereocenters. The third kappa shape index (κ3) is 5.48. The zero-order chi connectivity index (χ0) is 14.8. The van der Waals surface area contributed by atoms with E-state index in [9.17, 15) is 9.90 Å². The molecule has 0 aliphatic rings. The Morgan fingerprint density at radius 2 is 1.95 bits per heavy atom. The van der Waals surface area contributed by atoms with Crippen LogP contribution in [0.3, 0.4) is 0 Å². The molecule has 5 heteroatoms. The van der Waals surface area contributed by atoms with Crippen molar-refractivity contribution in [2.75, 3.05) is 6.61 Å². The highest BCUT2D eigenvalue weighted by Gasteiger charge is 2.09. The van der Waals surface area contributed by atoms with E-state index in [1.807, 2.05) is 5.43 Å². The number of ether oxygens (including phenoxy) is 1. The van der Waals surface area contributed by atoms with Gasteiger partial charge in [-0.2, -0.15) is 0 Å². The van der Waals surface area contributed by atoms with Crippen LogP contribution in [0.1, 0.15) is 55.8 Å². The van der Waals surface area contributed by atoms with Crippen LogP contribution in [0.15, 0.2) is 18.2 Å². The molecule has 0 spiro atoms. The van der Waals surface area contributed by atoms with Gasteiger partial charge in [-0.05, 0) is 24.6 Å². The maximum Gasteiger partial charge on any atom is 0.265 e. The molecule has 1 aromatic carbocycles. The Hall–Kier alpha value is -1.75. The van der Waals surface area contributed by atoms with Gasteiger partial charge in [-0.3, -0.25) is 10.2 Å². The summed E-state index contributed by atoms with van der Waals surface area (Å²) >= 11 is 0. The number of amides is 1. The molecule has 0 saturated heterocycles. The quantitative estimate of drug-likeness (QED) is 0.281. The molecule has 0 aromatic heterocycles. The largest absolute Gasteiger partial charge is 0.504 e. The lowest BCUT2D eigenvalue weighted by atomic mass is 10.1. The Bertz CT molecular complexity index is 422. The van der Waals surface area contributed by atoms with Gasteiger partial charge in [0.25, 0.3) is 5.91 Å². The number of carbonyl (C=O) groups excluding carboxylic acids is 1.